The summed E-state index contributed by atoms with van der Waals surface area (Å²) >= 11 is 0. The molecule has 0 amide bonds. The van der Waals surface area contributed by atoms with Gasteiger partial charge in [-0.25, -0.2) is 0 Å². The highest BCUT2D eigenvalue weighted by Crippen LogP contribution is 2.26. The van der Waals surface area contributed by atoms with Gasteiger partial charge in [0.15, 0.2) is 0 Å². The minimum Gasteiger partial charge on any atom is -0.394 e. The molecule has 0 aromatic rings. The highest BCUT2D eigenvalue weighted by atomic mass is 32.2. The molecule has 0 radical (unpaired) electrons. The number of nitrogens with zero attached hydrogens (tertiary/aromatic N) is 1. The predicted molar refractivity (Wildman–Crippen MR) is 66.2 cm³/mol. The van der Waals surface area contributed by atoms with E-state index in [2.05, 4.69) is 0 Å². The molecular weight excluding hydrogens is 298 g/mol. The van der Waals surface area contributed by atoms with Crippen molar-refractivity contribution in [1.29, 1.82) is 0 Å². The highest BCUT2D eigenvalue weighted by Gasteiger charge is 2.49. The van der Waals surface area contributed by atoms with Gasteiger partial charge in [0.1, 0.15) is 5.88 Å². The molecule has 0 aliphatic rings. The fourth-order valence-electron chi connectivity index (χ4n) is 1.75. The topological polar surface area (TPSA) is 179 Å². The molecule has 0 aliphatic heterocycles. The summed E-state index contributed by atoms with van der Waals surface area (Å²) in [5.41, 5.74) is -3.96. The molecule has 20 heavy (non-hydrogen) atoms. The van der Waals surface area contributed by atoms with Crippen LogP contribution in [0.2, 0.25) is 0 Å². The van der Waals surface area contributed by atoms with Crippen LogP contribution in [-0.2, 0) is 10.1 Å². The van der Waals surface area contributed by atoms with E-state index in [1.165, 1.54) is 0 Å². The molecule has 11 heteroatoms. The van der Waals surface area contributed by atoms with Gasteiger partial charge in [-0.05, 0) is 0 Å². The van der Waals surface area contributed by atoms with Crippen molar-refractivity contribution in [2.24, 2.45) is 0 Å². The number of hydrogen-bond acceptors (Lipinski definition) is 9. The normalized spacial score (nSPS) is 14.0. The Morgan fingerprint density at radius 1 is 0.700 bits per heavy atom. The van der Waals surface area contributed by atoms with Crippen LogP contribution in [-0.4, -0.2) is 105 Å². The fourth-order valence-corrected chi connectivity index (χ4v) is 2.63. The van der Waals surface area contributed by atoms with E-state index in [0.717, 1.165) is 0 Å². The van der Waals surface area contributed by atoms with Crippen molar-refractivity contribution < 1.29 is 43.6 Å². The van der Waals surface area contributed by atoms with E-state index in [-0.39, 0.29) is 0 Å². The van der Waals surface area contributed by atoms with Crippen molar-refractivity contribution in [3.8, 4) is 0 Å². The fraction of sp³-hybridized carbons (Fsp3) is 1.00. The van der Waals surface area contributed by atoms with Crippen LogP contribution in [0.3, 0.4) is 0 Å². The summed E-state index contributed by atoms with van der Waals surface area (Å²) in [4.78, 5) is 0.579. The number of aliphatic hydroxyl groups is 6. The van der Waals surface area contributed by atoms with Gasteiger partial charge in [-0.1, -0.05) is 0 Å². The predicted octanol–water partition coefficient (Wildman–Crippen LogP) is -4.43. The van der Waals surface area contributed by atoms with Gasteiger partial charge < -0.3 is 30.6 Å². The zero-order chi connectivity index (χ0) is 16.0. The van der Waals surface area contributed by atoms with E-state index in [9.17, 15) is 39.1 Å². The van der Waals surface area contributed by atoms with Gasteiger partial charge in [0, 0.05) is 0 Å². The lowest BCUT2D eigenvalue weighted by molar-refractivity contribution is -0.135. The van der Waals surface area contributed by atoms with Crippen molar-refractivity contribution in [3.05, 3.63) is 0 Å². The molecule has 0 saturated heterocycles. The number of hydrogen-bond donors (Lipinski definition) is 7. The molecular formula is C9H21NO9S. The maximum Gasteiger partial charge on any atom is 0.278 e. The quantitative estimate of drug-likeness (QED) is 0.194. The molecule has 0 fully saturated rings. The summed E-state index contributed by atoms with van der Waals surface area (Å²) in [6.07, 6.45) is 0. The maximum atomic E-state index is 11.1. The summed E-state index contributed by atoms with van der Waals surface area (Å²) in [5, 5.41) is 55.9. The van der Waals surface area contributed by atoms with Crippen molar-refractivity contribution >= 4 is 10.1 Å². The minimum atomic E-state index is -4.69. The van der Waals surface area contributed by atoms with Crippen LogP contribution in [0.15, 0.2) is 0 Å². The van der Waals surface area contributed by atoms with E-state index in [1.807, 2.05) is 0 Å². The molecule has 7 N–H and O–H groups in total. The van der Waals surface area contributed by atoms with Gasteiger partial charge in [0.25, 0.3) is 10.1 Å². The summed E-state index contributed by atoms with van der Waals surface area (Å²) in [5.74, 6) is -1.23. The van der Waals surface area contributed by atoms with Crippen LogP contribution in [0, 0.1) is 0 Å². The van der Waals surface area contributed by atoms with Crippen LogP contribution < -0.4 is 0 Å². The second-order valence-corrected chi connectivity index (χ2v) is 5.96. The van der Waals surface area contributed by atoms with E-state index in [0.29, 0.717) is 4.90 Å². The lowest BCUT2D eigenvalue weighted by Gasteiger charge is -2.49. The average molecular weight is 319 g/mol. The molecule has 0 aromatic heterocycles. The van der Waals surface area contributed by atoms with Crippen LogP contribution in [0.25, 0.3) is 0 Å². The number of rotatable bonds is 10. The van der Waals surface area contributed by atoms with Crippen LogP contribution in [0.4, 0.5) is 0 Å². The Morgan fingerprint density at radius 2 is 0.950 bits per heavy atom. The Balaban J connectivity index is 5.93. The summed E-state index contributed by atoms with van der Waals surface area (Å²) in [7, 11) is -4.69. The van der Waals surface area contributed by atoms with E-state index in [4.69, 9.17) is 4.55 Å². The van der Waals surface area contributed by atoms with Gasteiger partial charge >= 0.3 is 0 Å². The average Bonchev–Trinajstić information content (AvgIpc) is 2.42. The molecule has 0 rings (SSSR count). The standard InChI is InChI=1S/C9H21NO9S/c11-1-8(2-12,3-13)10(7-20(17,18)19)9(4-14,5-15)6-16/h11-16H,1-7H2,(H,17,18,19). The van der Waals surface area contributed by atoms with Gasteiger partial charge in [-0.2, -0.15) is 8.42 Å². The van der Waals surface area contributed by atoms with Crippen LogP contribution in [0.1, 0.15) is 0 Å². The van der Waals surface area contributed by atoms with Crippen LogP contribution >= 0.6 is 0 Å². The van der Waals surface area contributed by atoms with Crippen molar-refractivity contribution in [2.45, 2.75) is 11.1 Å². The Morgan fingerprint density at radius 3 is 1.10 bits per heavy atom. The Bertz CT molecular complexity index is 340. The van der Waals surface area contributed by atoms with E-state index < -0.39 is 66.7 Å². The lowest BCUT2D eigenvalue weighted by Crippen LogP contribution is -2.70. The molecule has 0 heterocycles. The van der Waals surface area contributed by atoms with Crippen molar-refractivity contribution in [2.75, 3.05) is 45.5 Å². The molecule has 0 unspecified atom stereocenters. The molecule has 0 aromatic carbocycles. The van der Waals surface area contributed by atoms with Crippen LogP contribution in [0.5, 0.6) is 0 Å². The zero-order valence-electron chi connectivity index (χ0n) is 10.8. The van der Waals surface area contributed by atoms with Gasteiger partial charge in [0.2, 0.25) is 0 Å². The summed E-state index contributed by atoms with van der Waals surface area (Å²) < 4.78 is 31.0. The molecule has 0 saturated carbocycles. The monoisotopic (exact) mass is 319 g/mol. The van der Waals surface area contributed by atoms with E-state index >= 15 is 0 Å². The first-order chi connectivity index (χ1) is 9.20. The molecule has 0 spiro atoms. The first-order valence-electron chi connectivity index (χ1n) is 5.59. The second-order valence-electron chi connectivity index (χ2n) is 4.54. The number of aliphatic hydroxyl groups excluding tert-OH is 6. The minimum absolute atomic E-state index is 0.579. The first kappa shape index (κ1) is 19.6. The Hall–Kier alpha value is -0.370. The first-order valence-corrected chi connectivity index (χ1v) is 7.20. The third-order valence-corrected chi connectivity index (χ3v) is 3.79. The summed E-state index contributed by atoms with van der Waals surface area (Å²) in [6, 6.07) is 0. The molecule has 0 atom stereocenters. The smallest absolute Gasteiger partial charge is 0.278 e. The largest absolute Gasteiger partial charge is 0.394 e. The maximum absolute atomic E-state index is 11.1. The SMILES string of the molecule is O=S(=O)(O)CN(C(CO)(CO)CO)C(CO)(CO)CO. The molecule has 10 nitrogen and oxygen atoms in total. The van der Waals surface area contributed by atoms with Gasteiger partial charge in [-0.15, -0.1) is 0 Å². The molecule has 0 aliphatic carbocycles. The van der Waals surface area contributed by atoms with Crippen molar-refractivity contribution in [1.82, 2.24) is 4.90 Å². The van der Waals surface area contributed by atoms with Gasteiger partial charge in [-0.3, -0.25) is 9.45 Å². The zero-order valence-corrected chi connectivity index (χ0v) is 11.6. The third kappa shape index (κ3) is 4.07. The third-order valence-electron chi connectivity index (χ3n) is 3.20. The Kier molecular flexibility index (Phi) is 7.44. The Labute approximate surface area is 116 Å². The molecule has 0 bridgehead atoms. The lowest BCUT2D eigenvalue weighted by atomic mass is 9.91. The van der Waals surface area contributed by atoms with Gasteiger partial charge in [0.05, 0.1) is 50.7 Å². The summed E-state index contributed by atoms with van der Waals surface area (Å²) in [6.45, 7) is -5.68. The second kappa shape index (κ2) is 7.59. The van der Waals surface area contributed by atoms with E-state index in [1.54, 1.807) is 0 Å². The molecule has 122 valence electrons. The highest BCUT2D eigenvalue weighted by molar-refractivity contribution is 7.85. The van der Waals surface area contributed by atoms with Crippen molar-refractivity contribution in [3.63, 3.8) is 0 Å².